The van der Waals surface area contributed by atoms with Crippen molar-refractivity contribution in [2.24, 2.45) is 0 Å². The molecule has 0 saturated heterocycles. The van der Waals surface area contributed by atoms with Crippen molar-refractivity contribution in [1.82, 2.24) is 0 Å². The van der Waals surface area contributed by atoms with Crippen LogP contribution in [0.3, 0.4) is 0 Å². The molecule has 0 aliphatic rings. The Morgan fingerprint density at radius 2 is 1.94 bits per heavy atom. The lowest BCUT2D eigenvalue weighted by Crippen LogP contribution is -2.08. The van der Waals surface area contributed by atoms with Crippen LogP contribution in [0.1, 0.15) is 32.6 Å². The summed E-state index contributed by atoms with van der Waals surface area (Å²) in [6.07, 6.45) is 3.73. The van der Waals surface area contributed by atoms with Gasteiger partial charge in [-0.3, -0.25) is 0 Å². The van der Waals surface area contributed by atoms with Crippen molar-refractivity contribution in [2.45, 2.75) is 37.5 Å². The van der Waals surface area contributed by atoms with Gasteiger partial charge in [-0.25, -0.2) is 8.42 Å². The number of benzene rings is 1. The second-order valence-corrected chi connectivity index (χ2v) is 6.55. The van der Waals surface area contributed by atoms with Gasteiger partial charge in [0.2, 0.25) is 0 Å². The zero-order chi connectivity index (χ0) is 12.9. The molecule has 0 radical (unpaired) electrons. The highest BCUT2D eigenvalue weighted by molar-refractivity contribution is 7.91. The molecule has 0 atom stereocenters. The average Bonchev–Trinajstić information content (AvgIpc) is 2.28. The third kappa shape index (κ3) is 4.21. The van der Waals surface area contributed by atoms with Crippen molar-refractivity contribution in [3.63, 3.8) is 0 Å². The van der Waals surface area contributed by atoms with Crippen LogP contribution in [0, 0.1) is 0 Å². The maximum absolute atomic E-state index is 12.0. The maximum atomic E-state index is 12.0. The van der Waals surface area contributed by atoms with Gasteiger partial charge in [0.15, 0.2) is 9.84 Å². The molecule has 0 aliphatic carbocycles. The van der Waals surface area contributed by atoms with Gasteiger partial charge in [-0.2, -0.15) is 0 Å². The van der Waals surface area contributed by atoms with Crippen LogP contribution in [0.2, 0.25) is 5.02 Å². The molecule has 5 heteroatoms. The van der Waals surface area contributed by atoms with Crippen LogP contribution in [0.15, 0.2) is 23.1 Å². The molecule has 2 N–H and O–H groups in total. The number of hydrogen-bond acceptors (Lipinski definition) is 3. The number of nitrogen functional groups attached to an aromatic ring is 1. The SMILES string of the molecule is CCCCCCS(=O)(=O)c1cc(N)ccc1Cl. The molecule has 0 unspecified atom stereocenters. The van der Waals surface area contributed by atoms with Gasteiger partial charge in [0.1, 0.15) is 0 Å². The first-order chi connectivity index (χ1) is 7.97. The van der Waals surface area contributed by atoms with E-state index >= 15 is 0 Å². The van der Waals surface area contributed by atoms with Crippen LogP contribution in [0.4, 0.5) is 5.69 Å². The van der Waals surface area contributed by atoms with Gasteiger partial charge in [0, 0.05) is 5.69 Å². The number of nitrogens with two attached hydrogens (primary N) is 1. The summed E-state index contributed by atoms with van der Waals surface area (Å²) in [6, 6.07) is 4.55. The van der Waals surface area contributed by atoms with Gasteiger partial charge in [-0.1, -0.05) is 37.8 Å². The van der Waals surface area contributed by atoms with E-state index in [1.807, 2.05) is 0 Å². The van der Waals surface area contributed by atoms with Crippen molar-refractivity contribution in [2.75, 3.05) is 11.5 Å². The molecule has 1 aromatic rings. The summed E-state index contributed by atoms with van der Waals surface area (Å²) in [4.78, 5) is 0.149. The van der Waals surface area contributed by atoms with E-state index in [2.05, 4.69) is 6.92 Å². The number of hydrogen-bond donors (Lipinski definition) is 1. The molecule has 0 aromatic heterocycles. The lowest BCUT2D eigenvalue weighted by atomic mass is 10.2. The Morgan fingerprint density at radius 1 is 1.24 bits per heavy atom. The van der Waals surface area contributed by atoms with Crippen molar-refractivity contribution in [3.8, 4) is 0 Å². The van der Waals surface area contributed by atoms with E-state index < -0.39 is 9.84 Å². The zero-order valence-electron chi connectivity index (χ0n) is 9.95. The predicted molar refractivity (Wildman–Crippen MR) is 72.1 cm³/mol. The summed E-state index contributed by atoms with van der Waals surface area (Å²) < 4.78 is 24.1. The molecule has 0 fully saturated rings. The lowest BCUT2D eigenvalue weighted by Gasteiger charge is -2.07. The summed E-state index contributed by atoms with van der Waals surface area (Å²) in [6.45, 7) is 2.09. The fourth-order valence-corrected chi connectivity index (χ4v) is 3.54. The summed E-state index contributed by atoms with van der Waals surface area (Å²) >= 11 is 5.89. The van der Waals surface area contributed by atoms with E-state index in [1.54, 1.807) is 6.07 Å². The molecule has 3 nitrogen and oxygen atoms in total. The monoisotopic (exact) mass is 275 g/mol. The topological polar surface area (TPSA) is 60.2 Å². The van der Waals surface area contributed by atoms with Crippen LogP contribution in [-0.4, -0.2) is 14.2 Å². The number of anilines is 1. The Balaban J connectivity index is 2.79. The van der Waals surface area contributed by atoms with E-state index in [-0.39, 0.29) is 15.7 Å². The normalized spacial score (nSPS) is 11.6. The van der Waals surface area contributed by atoms with Crippen LogP contribution in [0.5, 0.6) is 0 Å². The van der Waals surface area contributed by atoms with Crippen molar-refractivity contribution in [1.29, 1.82) is 0 Å². The molecule has 0 bridgehead atoms. The van der Waals surface area contributed by atoms with Crippen LogP contribution >= 0.6 is 11.6 Å². The first kappa shape index (κ1) is 14.3. The molecule has 1 rings (SSSR count). The fraction of sp³-hybridized carbons (Fsp3) is 0.500. The minimum Gasteiger partial charge on any atom is -0.399 e. The molecule has 96 valence electrons. The fourth-order valence-electron chi connectivity index (χ4n) is 1.59. The second kappa shape index (κ2) is 6.26. The summed E-state index contributed by atoms with van der Waals surface area (Å²) in [5.41, 5.74) is 6.00. The quantitative estimate of drug-likeness (QED) is 0.640. The van der Waals surface area contributed by atoms with Gasteiger partial charge < -0.3 is 5.73 Å². The zero-order valence-corrected chi connectivity index (χ0v) is 11.5. The Bertz CT molecular complexity index is 471. The van der Waals surface area contributed by atoms with Crippen molar-refractivity contribution in [3.05, 3.63) is 23.2 Å². The van der Waals surface area contributed by atoms with E-state index in [0.29, 0.717) is 12.1 Å². The highest BCUT2D eigenvalue weighted by Gasteiger charge is 2.17. The van der Waals surface area contributed by atoms with Gasteiger partial charge >= 0.3 is 0 Å². The molecule has 0 heterocycles. The summed E-state index contributed by atoms with van der Waals surface area (Å²) in [5, 5.41) is 0.245. The highest BCUT2D eigenvalue weighted by Crippen LogP contribution is 2.25. The van der Waals surface area contributed by atoms with Gasteiger partial charge in [-0.05, 0) is 24.6 Å². The van der Waals surface area contributed by atoms with Gasteiger partial charge in [0.25, 0.3) is 0 Å². The lowest BCUT2D eigenvalue weighted by molar-refractivity contribution is 0.589. The standard InChI is InChI=1S/C12H18ClNO2S/c1-2-3-4-5-8-17(15,16)12-9-10(14)6-7-11(12)13/h6-7,9H,2-5,8,14H2,1H3. The van der Waals surface area contributed by atoms with E-state index in [1.165, 1.54) is 12.1 Å². The predicted octanol–water partition coefficient (Wildman–Crippen LogP) is 3.28. The largest absolute Gasteiger partial charge is 0.399 e. The molecule has 1 aromatic carbocycles. The molecule has 17 heavy (non-hydrogen) atoms. The Morgan fingerprint density at radius 3 is 2.59 bits per heavy atom. The molecular formula is C12H18ClNO2S. The van der Waals surface area contributed by atoms with Crippen LogP contribution in [-0.2, 0) is 9.84 Å². The third-order valence-electron chi connectivity index (χ3n) is 2.56. The van der Waals surface area contributed by atoms with Gasteiger partial charge in [-0.15, -0.1) is 0 Å². The summed E-state index contributed by atoms with van der Waals surface area (Å²) in [7, 11) is -3.31. The average molecular weight is 276 g/mol. The number of unbranched alkanes of at least 4 members (excludes halogenated alkanes) is 3. The van der Waals surface area contributed by atoms with E-state index in [0.717, 1.165) is 19.3 Å². The van der Waals surface area contributed by atoms with E-state index in [4.69, 9.17) is 17.3 Å². The number of rotatable bonds is 6. The molecule has 0 spiro atoms. The number of halogens is 1. The minimum atomic E-state index is -3.31. The third-order valence-corrected chi connectivity index (χ3v) is 4.83. The second-order valence-electron chi connectivity index (χ2n) is 4.07. The Hall–Kier alpha value is -0.740. The first-order valence-electron chi connectivity index (χ1n) is 5.75. The van der Waals surface area contributed by atoms with Gasteiger partial charge in [0.05, 0.1) is 15.7 Å². The van der Waals surface area contributed by atoms with Crippen LogP contribution < -0.4 is 5.73 Å². The molecular weight excluding hydrogens is 258 g/mol. The van der Waals surface area contributed by atoms with Crippen LogP contribution in [0.25, 0.3) is 0 Å². The Labute approximate surface area is 108 Å². The van der Waals surface area contributed by atoms with E-state index in [9.17, 15) is 8.42 Å². The minimum absolute atomic E-state index is 0.135. The Kier molecular flexibility index (Phi) is 5.28. The molecule has 0 saturated carbocycles. The molecule has 0 aliphatic heterocycles. The van der Waals surface area contributed by atoms with Crippen molar-refractivity contribution >= 4 is 27.1 Å². The summed E-state index contributed by atoms with van der Waals surface area (Å²) in [5.74, 6) is 0.135. The number of sulfone groups is 1. The highest BCUT2D eigenvalue weighted by atomic mass is 35.5. The first-order valence-corrected chi connectivity index (χ1v) is 7.78. The maximum Gasteiger partial charge on any atom is 0.179 e. The molecule has 0 amide bonds. The van der Waals surface area contributed by atoms with Crippen molar-refractivity contribution < 1.29 is 8.42 Å². The smallest absolute Gasteiger partial charge is 0.179 e.